The molecule has 3 aromatic carbocycles. The molecule has 11 heteroatoms. The third kappa shape index (κ3) is 5.75. The smallest absolute Gasteiger partial charge is 0.349 e. The predicted molar refractivity (Wildman–Crippen MR) is 156 cm³/mol. The van der Waals surface area contributed by atoms with Gasteiger partial charge < -0.3 is 14.2 Å². The number of ether oxygens (including phenoxy) is 1. The Morgan fingerprint density at radius 3 is 1.88 bits per heavy atom. The normalized spacial score (nSPS) is 18.5. The van der Waals surface area contributed by atoms with E-state index < -0.39 is 35.2 Å². The van der Waals surface area contributed by atoms with Crippen LogP contribution in [0.3, 0.4) is 0 Å². The quantitative estimate of drug-likeness (QED) is 0.208. The van der Waals surface area contributed by atoms with E-state index in [1.807, 2.05) is 91.0 Å². The zero-order valence-electron chi connectivity index (χ0n) is 21.7. The lowest BCUT2D eigenvalue weighted by molar-refractivity contribution is -0.148. The van der Waals surface area contributed by atoms with E-state index in [4.69, 9.17) is 31.7 Å². The maximum absolute atomic E-state index is 13.2. The molecule has 1 aromatic heterocycles. The van der Waals surface area contributed by atoms with E-state index >= 15 is 0 Å². The Balaban J connectivity index is 1.74. The molecule has 0 bridgehead atoms. The number of morpholine rings is 1. The maximum Gasteiger partial charge on any atom is 0.380 e. The highest BCUT2D eigenvalue weighted by Crippen LogP contribution is 2.57. The number of hydrogen-bond donors (Lipinski definition) is 1. The summed E-state index contributed by atoms with van der Waals surface area (Å²) >= 11 is 11.4. The molecule has 208 valence electrons. The van der Waals surface area contributed by atoms with E-state index in [0.29, 0.717) is 5.56 Å². The van der Waals surface area contributed by atoms with Gasteiger partial charge >= 0.3 is 11.8 Å². The molecule has 1 N–H and O–H groups in total. The molecule has 0 spiro atoms. The SMILES string of the molecule is Cc1c[nH]c(=O)n([C@H]2CN(C(c3ccccc3)(c3ccccc3)c3ccccc3)C[C@@H](COP(=O)(Cl)Cl)O2)c1=O. The van der Waals surface area contributed by atoms with Crippen LogP contribution in [-0.2, 0) is 19.4 Å². The molecule has 1 aliphatic rings. The van der Waals surface area contributed by atoms with Gasteiger partial charge in [0.15, 0.2) is 6.23 Å². The molecule has 0 radical (unpaired) electrons. The highest BCUT2D eigenvalue weighted by molar-refractivity contribution is 8.05. The van der Waals surface area contributed by atoms with Crippen LogP contribution in [0, 0.1) is 6.92 Å². The average molecular weight is 600 g/mol. The first kappa shape index (κ1) is 28.6. The average Bonchev–Trinajstić information content (AvgIpc) is 2.96. The number of benzene rings is 3. The summed E-state index contributed by atoms with van der Waals surface area (Å²) in [5, 5.41) is 0. The molecule has 40 heavy (non-hydrogen) atoms. The summed E-state index contributed by atoms with van der Waals surface area (Å²) in [4.78, 5) is 31.0. The lowest BCUT2D eigenvalue weighted by Gasteiger charge is -2.50. The monoisotopic (exact) mass is 599 g/mol. The van der Waals surface area contributed by atoms with Gasteiger partial charge in [0.05, 0.1) is 18.2 Å². The molecule has 2 atom stereocenters. The number of nitrogens with zero attached hydrogens (tertiary/aromatic N) is 2. The molecule has 4 aromatic rings. The number of aryl methyl sites for hydroxylation is 1. The molecular weight excluding hydrogens is 572 g/mol. The minimum atomic E-state index is -3.88. The number of hydrogen-bond acceptors (Lipinski definition) is 6. The van der Waals surface area contributed by atoms with E-state index in [1.165, 1.54) is 6.20 Å². The van der Waals surface area contributed by atoms with Gasteiger partial charge in [-0.15, -0.1) is 0 Å². The van der Waals surface area contributed by atoms with Crippen LogP contribution in [0.15, 0.2) is 107 Å². The summed E-state index contributed by atoms with van der Waals surface area (Å²) < 4.78 is 24.6. The minimum absolute atomic E-state index is 0.168. The first-order valence-corrected chi connectivity index (χ1v) is 16.2. The summed E-state index contributed by atoms with van der Waals surface area (Å²) in [5.41, 5.74) is 1.33. The van der Waals surface area contributed by atoms with E-state index in [1.54, 1.807) is 6.92 Å². The Kier molecular flexibility index (Phi) is 8.47. The highest BCUT2D eigenvalue weighted by Gasteiger charge is 2.47. The van der Waals surface area contributed by atoms with Crippen molar-refractivity contribution in [1.82, 2.24) is 14.5 Å². The Hall–Kier alpha value is -2.97. The molecule has 0 saturated carbocycles. The van der Waals surface area contributed by atoms with Crippen molar-refractivity contribution in [3.05, 3.63) is 140 Å². The molecular formula is C29H28Cl2N3O5P. The van der Waals surface area contributed by atoms with Gasteiger partial charge in [0.25, 0.3) is 5.56 Å². The number of H-pyrrole nitrogens is 1. The van der Waals surface area contributed by atoms with Gasteiger partial charge in [-0.05, 0) is 46.1 Å². The second kappa shape index (κ2) is 11.9. The largest absolute Gasteiger partial charge is 0.380 e. The Morgan fingerprint density at radius 1 is 0.900 bits per heavy atom. The Bertz CT molecular complexity index is 1510. The maximum atomic E-state index is 13.2. The van der Waals surface area contributed by atoms with Crippen molar-refractivity contribution in [2.24, 2.45) is 0 Å². The molecule has 8 nitrogen and oxygen atoms in total. The van der Waals surface area contributed by atoms with Crippen LogP contribution in [0.4, 0.5) is 0 Å². The van der Waals surface area contributed by atoms with Crippen molar-refractivity contribution in [1.29, 1.82) is 0 Å². The second-order valence-corrected chi connectivity index (χ2v) is 13.9. The third-order valence-electron chi connectivity index (χ3n) is 7.08. The standard InChI is InChI=1S/C29H28Cl2N3O5P/c1-21-17-32-28(36)34(27(21)35)26-19-33(18-25(39-26)20-38-40(30,31)37)29(22-11-5-2-6-12-22,23-13-7-3-8-14-23)24-15-9-4-10-16-24/h2-17,25-26H,18-20H2,1H3,(H,32,36)/t25-,26+/m0/s1. The number of aromatic nitrogens is 2. The van der Waals surface area contributed by atoms with Gasteiger partial charge in [0.1, 0.15) is 0 Å². The van der Waals surface area contributed by atoms with Crippen molar-refractivity contribution in [3.63, 3.8) is 0 Å². The Labute approximate surface area is 241 Å². The van der Waals surface area contributed by atoms with Crippen LogP contribution in [0.2, 0.25) is 0 Å². The van der Waals surface area contributed by atoms with E-state index in [0.717, 1.165) is 21.3 Å². The van der Waals surface area contributed by atoms with Crippen molar-refractivity contribution in [2.75, 3.05) is 19.7 Å². The van der Waals surface area contributed by atoms with Crippen LogP contribution in [-0.4, -0.2) is 40.3 Å². The highest BCUT2D eigenvalue weighted by atomic mass is 35.9. The van der Waals surface area contributed by atoms with Crippen LogP contribution in [0.5, 0.6) is 0 Å². The van der Waals surface area contributed by atoms with E-state index in [9.17, 15) is 14.2 Å². The first-order chi connectivity index (χ1) is 19.2. The first-order valence-electron chi connectivity index (χ1n) is 12.7. The van der Waals surface area contributed by atoms with Crippen LogP contribution in [0.1, 0.15) is 28.5 Å². The van der Waals surface area contributed by atoms with Crippen molar-refractivity contribution in [3.8, 4) is 0 Å². The third-order valence-corrected chi connectivity index (χ3v) is 8.12. The fourth-order valence-corrected chi connectivity index (χ4v) is 6.10. The zero-order valence-corrected chi connectivity index (χ0v) is 24.1. The van der Waals surface area contributed by atoms with Crippen molar-refractivity contribution in [2.45, 2.75) is 24.8 Å². The molecule has 5 rings (SSSR count). The number of halogens is 2. The second-order valence-electron chi connectivity index (χ2n) is 9.59. The molecule has 1 aliphatic heterocycles. The van der Waals surface area contributed by atoms with E-state index in [-0.39, 0.29) is 19.7 Å². The van der Waals surface area contributed by atoms with Gasteiger partial charge in [-0.1, -0.05) is 91.0 Å². The summed E-state index contributed by atoms with van der Waals surface area (Å²) in [5.74, 6) is 0. The van der Waals surface area contributed by atoms with Gasteiger partial charge in [0, 0.05) is 24.8 Å². The van der Waals surface area contributed by atoms with Crippen molar-refractivity contribution < 1.29 is 13.8 Å². The molecule has 1 saturated heterocycles. The van der Waals surface area contributed by atoms with Crippen LogP contribution in [0.25, 0.3) is 0 Å². The summed E-state index contributed by atoms with van der Waals surface area (Å²) in [6.07, 6.45) is -4.24. The van der Waals surface area contributed by atoms with E-state index in [2.05, 4.69) is 9.88 Å². The van der Waals surface area contributed by atoms with Gasteiger partial charge in [-0.3, -0.25) is 14.3 Å². The topological polar surface area (TPSA) is 93.6 Å². The molecule has 2 heterocycles. The zero-order chi connectivity index (χ0) is 28.3. The molecule has 0 unspecified atom stereocenters. The lowest BCUT2D eigenvalue weighted by Crippen LogP contribution is -2.59. The molecule has 0 amide bonds. The van der Waals surface area contributed by atoms with Crippen LogP contribution >= 0.6 is 28.6 Å². The fourth-order valence-electron chi connectivity index (χ4n) is 5.43. The number of aromatic amines is 1. The summed E-state index contributed by atoms with van der Waals surface area (Å²) in [6.45, 7) is 1.85. The molecule has 0 aliphatic carbocycles. The number of rotatable bonds is 8. The van der Waals surface area contributed by atoms with Gasteiger partial charge in [-0.2, -0.15) is 0 Å². The van der Waals surface area contributed by atoms with Gasteiger partial charge in [0.2, 0.25) is 0 Å². The summed E-state index contributed by atoms with van der Waals surface area (Å²) in [6, 6.07) is 30.0. The van der Waals surface area contributed by atoms with Gasteiger partial charge in [-0.25, -0.2) is 9.36 Å². The molecule has 1 fully saturated rings. The predicted octanol–water partition coefficient (Wildman–Crippen LogP) is 5.64. The number of nitrogens with one attached hydrogen (secondary N) is 1. The summed E-state index contributed by atoms with van der Waals surface area (Å²) in [7, 11) is 0. The fraction of sp³-hybridized carbons (Fsp3) is 0.241. The Morgan fingerprint density at radius 2 is 1.40 bits per heavy atom. The lowest BCUT2D eigenvalue weighted by atomic mass is 9.75. The van der Waals surface area contributed by atoms with Crippen LogP contribution < -0.4 is 11.2 Å². The van der Waals surface area contributed by atoms with Crippen molar-refractivity contribution >= 4 is 28.6 Å². The minimum Gasteiger partial charge on any atom is -0.349 e.